The lowest BCUT2D eigenvalue weighted by Crippen LogP contribution is -2.38. The molecule has 1 atom stereocenters. The lowest BCUT2D eigenvalue weighted by Gasteiger charge is -2.38. The van der Waals surface area contributed by atoms with Crippen LogP contribution < -0.4 is 0 Å². The van der Waals surface area contributed by atoms with E-state index in [0.29, 0.717) is 18.1 Å². The summed E-state index contributed by atoms with van der Waals surface area (Å²) in [6.45, 7) is 0. The second-order valence-electron chi connectivity index (χ2n) is 6.31. The molecule has 0 aromatic heterocycles. The first kappa shape index (κ1) is 13.4. The molecule has 2 aliphatic rings. The van der Waals surface area contributed by atoms with Crippen molar-refractivity contribution >= 4 is 5.78 Å². The number of Topliss-reactive ketones (excluding diaryl/α,β-unsaturated/α-hetero) is 1. The van der Waals surface area contributed by atoms with Crippen molar-refractivity contribution in [1.82, 2.24) is 0 Å². The monoisotopic (exact) mass is 267 g/mol. The number of carbonyl (C=O) groups is 1. The van der Waals surface area contributed by atoms with E-state index in [4.69, 9.17) is 5.26 Å². The minimum absolute atomic E-state index is 0.278. The summed E-state index contributed by atoms with van der Waals surface area (Å²) in [5, 5.41) is 8.98. The maximum atomic E-state index is 13.0. The molecular weight excluding hydrogens is 246 g/mol. The van der Waals surface area contributed by atoms with Crippen LogP contribution in [-0.2, 0) is 6.42 Å². The zero-order valence-corrected chi connectivity index (χ0v) is 11.9. The van der Waals surface area contributed by atoms with Gasteiger partial charge < -0.3 is 0 Å². The van der Waals surface area contributed by atoms with Gasteiger partial charge in [0, 0.05) is 17.4 Å². The molecule has 0 saturated heterocycles. The van der Waals surface area contributed by atoms with E-state index in [2.05, 4.69) is 12.1 Å². The lowest BCUT2D eigenvalue weighted by atomic mass is 9.64. The third kappa shape index (κ3) is 2.06. The summed E-state index contributed by atoms with van der Waals surface area (Å²) in [6, 6.07) is 10.3. The van der Waals surface area contributed by atoms with Crippen LogP contribution in [0.2, 0.25) is 0 Å². The second kappa shape index (κ2) is 5.40. The molecule has 0 N–H and O–H groups in total. The van der Waals surface area contributed by atoms with Crippen LogP contribution in [0.4, 0.5) is 0 Å². The molecule has 1 unspecified atom stereocenters. The average molecular weight is 267 g/mol. The van der Waals surface area contributed by atoms with E-state index in [-0.39, 0.29) is 5.41 Å². The van der Waals surface area contributed by atoms with Crippen LogP contribution in [0.25, 0.3) is 0 Å². The Bertz CT molecular complexity index is 551. The van der Waals surface area contributed by atoms with Crippen LogP contribution in [-0.4, -0.2) is 5.78 Å². The van der Waals surface area contributed by atoms with E-state index >= 15 is 0 Å². The Morgan fingerprint density at radius 1 is 1.20 bits per heavy atom. The highest BCUT2D eigenvalue weighted by atomic mass is 16.1. The van der Waals surface area contributed by atoms with E-state index in [1.807, 2.05) is 18.2 Å². The van der Waals surface area contributed by atoms with Crippen molar-refractivity contribution in [2.45, 2.75) is 51.4 Å². The van der Waals surface area contributed by atoms with Gasteiger partial charge in [0.15, 0.2) is 5.78 Å². The zero-order valence-electron chi connectivity index (χ0n) is 11.9. The fourth-order valence-electron chi connectivity index (χ4n) is 4.25. The van der Waals surface area contributed by atoms with Gasteiger partial charge in [0.25, 0.3) is 0 Å². The molecule has 1 aromatic rings. The van der Waals surface area contributed by atoms with Crippen molar-refractivity contribution in [2.24, 2.45) is 11.3 Å². The van der Waals surface area contributed by atoms with Crippen LogP contribution in [0.15, 0.2) is 24.3 Å². The third-order valence-electron chi connectivity index (χ3n) is 5.29. The summed E-state index contributed by atoms with van der Waals surface area (Å²) >= 11 is 0. The summed E-state index contributed by atoms with van der Waals surface area (Å²) in [5.74, 6) is 0.791. The Hall–Kier alpha value is -1.62. The Labute approximate surface area is 120 Å². The van der Waals surface area contributed by atoms with Crippen LogP contribution in [0.3, 0.4) is 0 Å². The first-order chi connectivity index (χ1) is 9.78. The smallest absolute Gasteiger partial charge is 0.169 e. The number of benzene rings is 1. The number of hydrogen-bond acceptors (Lipinski definition) is 2. The number of fused-ring (bicyclic) bond motifs is 1. The molecule has 0 radical (unpaired) electrons. The molecule has 0 heterocycles. The van der Waals surface area contributed by atoms with Crippen LogP contribution in [0, 0.1) is 22.7 Å². The van der Waals surface area contributed by atoms with Gasteiger partial charge in [0.1, 0.15) is 0 Å². The number of rotatable bonds is 3. The average Bonchev–Trinajstić information content (AvgIpc) is 2.80. The van der Waals surface area contributed by atoms with Gasteiger partial charge in [-0.25, -0.2) is 0 Å². The molecule has 1 saturated carbocycles. The van der Waals surface area contributed by atoms with Gasteiger partial charge in [-0.05, 0) is 37.2 Å². The van der Waals surface area contributed by atoms with E-state index in [1.54, 1.807) is 0 Å². The summed E-state index contributed by atoms with van der Waals surface area (Å²) in [4.78, 5) is 13.0. The van der Waals surface area contributed by atoms with E-state index in [1.165, 1.54) is 24.8 Å². The SMILES string of the molecule is N#CCCC1(C2CCCCC2)Cc2ccccc2C1=O. The molecule has 0 bridgehead atoms. The number of carbonyl (C=O) groups excluding carboxylic acids is 1. The second-order valence-corrected chi connectivity index (χ2v) is 6.31. The minimum atomic E-state index is -0.278. The number of hydrogen-bond donors (Lipinski definition) is 0. The van der Waals surface area contributed by atoms with Gasteiger partial charge in [0.2, 0.25) is 0 Å². The van der Waals surface area contributed by atoms with E-state index in [9.17, 15) is 4.79 Å². The molecule has 0 aliphatic heterocycles. The largest absolute Gasteiger partial charge is 0.294 e. The fraction of sp³-hybridized carbons (Fsp3) is 0.556. The van der Waals surface area contributed by atoms with Crippen molar-refractivity contribution in [3.05, 3.63) is 35.4 Å². The van der Waals surface area contributed by atoms with Gasteiger partial charge in [-0.3, -0.25) is 4.79 Å². The van der Waals surface area contributed by atoms with E-state index in [0.717, 1.165) is 31.2 Å². The normalized spacial score (nSPS) is 26.2. The standard InChI is InChI=1S/C18H21NO/c19-12-6-11-18(15-8-2-1-3-9-15)13-14-7-4-5-10-16(14)17(18)20/h4-5,7,10,15H,1-3,6,8-9,11,13H2. The van der Waals surface area contributed by atoms with Crippen LogP contribution >= 0.6 is 0 Å². The van der Waals surface area contributed by atoms with Crippen molar-refractivity contribution in [1.29, 1.82) is 5.26 Å². The highest BCUT2D eigenvalue weighted by Crippen LogP contribution is 2.50. The summed E-state index contributed by atoms with van der Waals surface area (Å²) < 4.78 is 0. The molecule has 20 heavy (non-hydrogen) atoms. The summed E-state index contributed by atoms with van der Waals surface area (Å²) in [6.07, 6.45) is 8.18. The third-order valence-corrected chi connectivity index (χ3v) is 5.29. The number of ketones is 1. The maximum absolute atomic E-state index is 13.0. The van der Waals surface area contributed by atoms with Gasteiger partial charge in [-0.2, -0.15) is 5.26 Å². The molecule has 1 fully saturated rings. The Morgan fingerprint density at radius 3 is 2.65 bits per heavy atom. The van der Waals surface area contributed by atoms with Crippen LogP contribution in [0.5, 0.6) is 0 Å². The molecule has 1 aromatic carbocycles. The maximum Gasteiger partial charge on any atom is 0.169 e. The first-order valence-electron chi connectivity index (χ1n) is 7.77. The van der Waals surface area contributed by atoms with Crippen molar-refractivity contribution in [2.75, 3.05) is 0 Å². The Morgan fingerprint density at radius 2 is 1.95 bits per heavy atom. The predicted octanol–water partition coefficient (Wildman–Crippen LogP) is 4.30. The molecular formula is C18H21NO. The topological polar surface area (TPSA) is 40.9 Å². The Kier molecular flexibility index (Phi) is 3.61. The molecule has 3 rings (SSSR count). The molecule has 2 aliphatic carbocycles. The molecule has 2 nitrogen and oxygen atoms in total. The molecule has 0 spiro atoms. The Balaban J connectivity index is 1.96. The van der Waals surface area contributed by atoms with Gasteiger partial charge in [-0.1, -0.05) is 43.5 Å². The summed E-state index contributed by atoms with van der Waals surface area (Å²) in [7, 11) is 0. The van der Waals surface area contributed by atoms with Crippen molar-refractivity contribution in [3.63, 3.8) is 0 Å². The summed E-state index contributed by atoms with van der Waals surface area (Å²) in [5.41, 5.74) is 1.83. The minimum Gasteiger partial charge on any atom is -0.294 e. The molecule has 2 heteroatoms. The van der Waals surface area contributed by atoms with Gasteiger partial charge in [-0.15, -0.1) is 0 Å². The van der Waals surface area contributed by atoms with E-state index < -0.39 is 0 Å². The van der Waals surface area contributed by atoms with Crippen LogP contribution in [0.1, 0.15) is 60.9 Å². The highest BCUT2D eigenvalue weighted by molar-refractivity contribution is 6.05. The zero-order chi connectivity index (χ0) is 14.0. The van der Waals surface area contributed by atoms with Crippen molar-refractivity contribution < 1.29 is 4.79 Å². The molecule has 0 amide bonds. The number of nitrogens with zero attached hydrogens (tertiary/aromatic N) is 1. The molecule has 104 valence electrons. The predicted molar refractivity (Wildman–Crippen MR) is 78.3 cm³/mol. The lowest BCUT2D eigenvalue weighted by molar-refractivity contribution is 0.0607. The van der Waals surface area contributed by atoms with Crippen molar-refractivity contribution in [3.8, 4) is 6.07 Å². The van der Waals surface area contributed by atoms with Gasteiger partial charge in [0.05, 0.1) is 6.07 Å². The highest BCUT2D eigenvalue weighted by Gasteiger charge is 2.49. The first-order valence-corrected chi connectivity index (χ1v) is 7.77. The number of nitriles is 1. The fourth-order valence-corrected chi connectivity index (χ4v) is 4.25. The van der Waals surface area contributed by atoms with Gasteiger partial charge >= 0.3 is 0 Å². The quantitative estimate of drug-likeness (QED) is 0.819.